The molecule has 0 saturated carbocycles. The molecule has 0 radical (unpaired) electrons. The first-order chi connectivity index (χ1) is 7.26. The lowest BCUT2D eigenvalue weighted by Crippen LogP contribution is -2.22. The van der Waals surface area contributed by atoms with E-state index in [4.69, 9.17) is 10.4 Å². The average Bonchev–Trinajstić information content (AvgIpc) is 2.29. The molecule has 0 saturated heterocycles. The molecular weight excluding hydrogens is 188 g/mol. The van der Waals surface area contributed by atoms with Crippen LogP contribution in [-0.4, -0.2) is 18.3 Å². The molecule has 0 bridgehead atoms. The zero-order valence-corrected chi connectivity index (χ0v) is 8.90. The summed E-state index contributed by atoms with van der Waals surface area (Å²) in [7, 11) is 0. The van der Waals surface area contributed by atoms with Crippen LogP contribution in [0.3, 0.4) is 0 Å². The number of aliphatic hydroxyl groups excluding tert-OH is 1. The standard InChI is InChI=1S/C12H16N2O/c1-10(9-15)7-14-8-12-4-2-3-11(5-12)6-13/h2-5,10,14-15H,7-9H2,1H3. The van der Waals surface area contributed by atoms with Crippen LogP contribution in [0.4, 0.5) is 0 Å². The molecule has 2 N–H and O–H groups in total. The fraction of sp³-hybridized carbons (Fsp3) is 0.417. The first-order valence-electron chi connectivity index (χ1n) is 5.07. The number of nitrogens with zero attached hydrogens (tertiary/aromatic N) is 1. The predicted molar refractivity (Wildman–Crippen MR) is 59.1 cm³/mol. The van der Waals surface area contributed by atoms with Crippen LogP contribution in [0.15, 0.2) is 24.3 Å². The second-order valence-electron chi connectivity index (χ2n) is 3.73. The minimum Gasteiger partial charge on any atom is -0.396 e. The van der Waals surface area contributed by atoms with Gasteiger partial charge in [-0.05, 0) is 23.6 Å². The van der Waals surface area contributed by atoms with Crippen LogP contribution in [0.2, 0.25) is 0 Å². The second kappa shape index (κ2) is 6.18. The summed E-state index contributed by atoms with van der Waals surface area (Å²) in [4.78, 5) is 0. The molecule has 1 rings (SSSR count). The molecular formula is C12H16N2O. The summed E-state index contributed by atoms with van der Waals surface area (Å²) in [5.74, 6) is 0.268. The molecule has 15 heavy (non-hydrogen) atoms. The van der Waals surface area contributed by atoms with Crippen LogP contribution >= 0.6 is 0 Å². The average molecular weight is 204 g/mol. The molecule has 80 valence electrons. The second-order valence-corrected chi connectivity index (χ2v) is 3.73. The van der Waals surface area contributed by atoms with E-state index < -0.39 is 0 Å². The topological polar surface area (TPSA) is 56.0 Å². The number of rotatable bonds is 5. The highest BCUT2D eigenvalue weighted by Crippen LogP contribution is 2.03. The zero-order chi connectivity index (χ0) is 11.1. The van der Waals surface area contributed by atoms with Crippen molar-refractivity contribution in [1.29, 1.82) is 5.26 Å². The molecule has 1 aromatic carbocycles. The van der Waals surface area contributed by atoms with Crippen LogP contribution in [-0.2, 0) is 6.54 Å². The highest BCUT2D eigenvalue weighted by molar-refractivity contribution is 5.32. The summed E-state index contributed by atoms with van der Waals surface area (Å²) < 4.78 is 0. The maximum Gasteiger partial charge on any atom is 0.0991 e. The molecule has 0 spiro atoms. The van der Waals surface area contributed by atoms with Crippen molar-refractivity contribution in [3.8, 4) is 6.07 Å². The summed E-state index contributed by atoms with van der Waals surface area (Å²) >= 11 is 0. The largest absolute Gasteiger partial charge is 0.396 e. The number of hydrogen-bond acceptors (Lipinski definition) is 3. The Balaban J connectivity index is 2.41. The van der Waals surface area contributed by atoms with E-state index in [1.807, 2.05) is 25.1 Å². The van der Waals surface area contributed by atoms with Gasteiger partial charge in [-0.3, -0.25) is 0 Å². The summed E-state index contributed by atoms with van der Waals surface area (Å²) in [5.41, 5.74) is 1.78. The maximum atomic E-state index is 8.83. The fourth-order valence-electron chi connectivity index (χ4n) is 1.28. The Labute approximate surface area is 90.4 Å². The fourth-order valence-corrected chi connectivity index (χ4v) is 1.28. The third-order valence-corrected chi connectivity index (χ3v) is 2.19. The lowest BCUT2D eigenvalue weighted by atomic mass is 10.1. The van der Waals surface area contributed by atoms with Crippen molar-refractivity contribution in [2.24, 2.45) is 5.92 Å². The minimum atomic E-state index is 0.200. The van der Waals surface area contributed by atoms with Gasteiger partial charge < -0.3 is 10.4 Å². The molecule has 3 nitrogen and oxygen atoms in total. The molecule has 0 aromatic heterocycles. The van der Waals surface area contributed by atoms with Crippen molar-refractivity contribution in [1.82, 2.24) is 5.32 Å². The Morgan fingerprint density at radius 1 is 1.53 bits per heavy atom. The molecule has 1 atom stereocenters. The van der Waals surface area contributed by atoms with E-state index in [1.165, 1.54) is 0 Å². The highest BCUT2D eigenvalue weighted by atomic mass is 16.3. The van der Waals surface area contributed by atoms with Crippen molar-refractivity contribution in [3.63, 3.8) is 0 Å². The SMILES string of the molecule is CC(CO)CNCc1cccc(C#N)c1. The zero-order valence-electron chi connectivity index (χ0n) is 8.90. The Morgan fingerprint density at radius 3 is 3.00 bits per heavy atom. The van der Waals surface area contributed by atoms with Crippen LogP contribution in [0, 0.1) is 17.2 Å². The number of nitrogens with one attached hydrogen (secondary N) is 1. The van der Waals surface area contributed by atoms with Crippen LogP contribution in [0.5, 0.6) is 0 Å². The Kier molecular flexibility index (Phi) is 4.82. The van der Waals surface area contributed by atoms with Crippen molar-refractivity contribution in [3.05, 3.63) is 35.4 Å². The smallest absolute Gasteiger partial charge is 0.0991 e. The van der Waals surface area contributed by atoms with Gasteiger partial charge in [-0.2, -0.15) is 5.26 Å². The predicted octanol–water partition coefficient (Wildman–Crippen LogP) is 1.28. The van der Waals surface area contributed by atoms with Crippen molar-refractivity contribution < 1.29 is 5.11 Å². The van der Waals surface area contributed by atoms with E-state index >= 15 is 0 Å². The lowest BCUT2D eigenvalue weighted by Gasteiger charge is -2.09. The van der Waals surface area contributed by atoms with Crippen LogP contribution in [0.1, 0.15) is 18.1 Å². The van der Waals surface area contributed by atoms with Gasteiger partial charge in [0.15, 0.2) is 0 Å². The first kappa shape index (κ1) is 11.7. The van der Waals surface area contributed by atoms with Gasteiger partial charge in [-0.25, -0.2) is 0 Å². The van der Waals surface area contributed by atoms with E-state index in [0.29, 0.717) is 5.56 Å². The lowest BCUT2D eigenvalue weighted by molar-refractivity contribution is 0.233. The molecule has 0 aliphatic heterocycles. The van der Waals surface area contributed by atoms with Gasteiger partial charge in [0.25, 0.3) is 0 Å². The molecule has 0 aliphatic rings. The molecule has 1 aromatic rings. The van der Waals surface area contributed by atoms with Crippen molar-refractivity contribution in [2.45, 2.75) is 13.5 Å². The normalized spacial score (nSPS) is 12.1. The van der Waals surface area contributed by atoms with Gasteiger partial charge in [-0.15, -0.1) is 0 Å². The van der Waals surface area contributed by atoms with Gasteiger partial charge in [-0.1, -0.05) is 19.1 Å². The van der Waals surface area contributed by atoms with E-state index in [0.717, 1.165) is 18.7 Å². The quantitative estimate of drug-likeness (QED) is 0.759. The molecule has 3 heteroatoms. The van der Waals surface area contributed by atoms with Gasteiger partial charge in [0.2, 0.25) is 0 Å². The van der Waals surface area contributed by atoms with Gasteiger partial charge in [0, 0.05) is 19.7 Å². The molecule has 0 fully saturated rings. The minimum absolute atomic E-state index is 0.200. The highest BCUT2D eigenvalue weighted by Gasteiger charge is 1.99. The third kappa shape index (κ3) is 4.11. The Morgan fingerprint density at radius 2 is 2.33 bits per heavy atom. The monoisotopic (exact) mass is 204 g/mol. The van der Waals surface area contributed by atoms with E-state index in [2.05, 4.69) is 11.4 Å². The van der Waals surface area contributed by atoms with Gasteiger partial charge in [0.1, 0.15) is 0 Å². The van der Waals surface area contributed by atoms with Gasteiger partial charge in [0.05, 0.1) is 11.6 Å². The summed E-state index contributed by atoms with van der Waals surface area (Å²) in [5, 5.41) is 20.8. The Bertz CT molecular complexity index is 344. The molecule has 0 heterocycles. The van der Waals surface area contributed by atoms with E-state index in [9.17, 15) is 0 Å². The molecule has 1 unspecified atom stereocenters. The summed E-state index contributed by atoms with van der Waals surface area (Å²) in [6.45, 7) is 3.71. The molecule has 0 amide bonds. The number of nitriles is 1. The van der Waals surface area contributed by atoms with Crippen molar-refractivity contribution >= 4 is 0 Å². The maximum absolute atomic E-state index is 8.83. The van der Waals surface area contributed by atoms with E-state index in [-0.39, 0.29) is 12.5 Å². The molecule has 0 aliphatic carbocycles. The number of hydrogen-bond donors (Lipinski definition) is 2. The number of benzene rings is 1. The number of aliphatic hydroxyl groups is 1. The van der Waals surface area contributed by atoms with Gasteiger partial charge >= 0.3 is 0 Å². The Hall–Kier alpha value is -1.37. The summed E-state index contributed by atoms with van der Waals surface area (Å²) in [6.07, 6.45) is 0. The van der Waals surface area contributed by atoms with E-state index in [1.54, 1.807) is 6.07 Å². The first-order valence-corrected chi connectivity index (χ1v) is 5.07. The third-order valence-electron chi connectivity index (χ3n) is 2.19. The summed E-state index contributed by atoms with van der Waals surface area (Å²) in [6, 6.07) is 9.64. The van der Waals surface area contributed by atoms with Crippen molar-refractivity contribution in [2.75, 3.05) is 13.2 Å². The van der Waals surface area contributed by atoms with Crippen LogP contribution in [0.25, 0.3) is 0 Å². The van der Waals surface area contributed by atoms with Crippen LogP contribution < -0.4 is 5.32 Å².